The van der Waals surface area contributed by atoms with E-state index >= 15 is 0 Å². The lowest BCUT2D eigenvalue weighted by Gasteiger charge is -2.35. The first-order chi connectivity index (χ1) is 14.8. The summed E-state index contributed by atoms with van der Waals surface area (Å²) >= 11 is 0. The molecule has 1 aliphatic carbocycles. The number of nitrogens with zero attached hydrogens (tertiary/aromatic N) is 2. The van der Waals surface area contributed by atoms with Crippen molar-refractivity contribution in [3.63, 3.8) is 0 Å². The Balaban J connectivity index is 1.89. The standard InChI is InChI=1S/C23H36N4O4/c1-4-5-13-31-20-18(28)14-17(15-25-22(30)23(24)9-7-6-8-10-23)27-12-11-26(16(2)3)21(29)19(20)27/h14,16H,4-13,15,24H2,1-3H3,(H,25,30). The number of pyridine rings is 1. The number of carbonyl (C=O) groups is 2. The zero-order valence-electron chi connectivity index (χ0n) is 19.0. The summed E-state index contributed by atoms with van der Waals surface area (Å²) in [6, 6.07) is 1.50. The summed E-state index contributed by atoms with van der Waals surface area (Å²) in [6.45, 7) is 7.59. The van der Waals surface area contributed by atoms with E-state index in [4.69, 9.17) is 10.5 Å². The monoisotopic (exact) mass is 432 g/mol. The van der Waals surface area contributed by atoms with Gasteiger partial charge in [0.2, 0.25) is 11.3 Å². The largest absolute Gasteiger partial charge is 0.487 e. The lowest BCUT2D eigenvalue weighted by molar-refractivity contribution is -0.127. The second-order valence-electron chi connectivity index (χ2n) is 9.02. The predicted molar refractivity (Wildman–Crippen MR) is 119 cm³/mol. The van der Waals surface area contributed by atoms with Crippen molar-refractivity contribution in [2.24, 2.45) is 5.73 Å². The summed E-state index contributed by atoms with van der Waals surface area (Å²) in [7, 11) is 0. The minimum absolute atomic E-state index is 0.0200. The smallest absolute Gasteiger partial charge is 0.274 e. The van der Waals surface area contributed by atoms with E-state index in [0.29, 0.717) is 38.2 Å². The Bertz CT molecular complexity index is 871. The van der Waals surface area contributed by atoms with Crippen LogP contribution < -0.4 is 21.2 Å². The van der Waals surface area contributed by atoms with Crippen LogP contribution in [0.15, 0.2) is 10.9 Å². The average Bonchev–Trinajstić information content (AvgIpc) is 2.74. The van der Waals surface area contributed by atoms with Crippen molar-refractivity contribution in [1.29, 1.82) is 0 Å². The second-order valence-corrected chi connectivity index (χ2v) is 9.02. The quantitative estimate of drug-likeness (QED) is 0.612. The van der Waals surface area contributed by atoms with E-state index in [0.717, 1.165) is 32.1 Å². The van der Waals surface area contributed by atoms with Crippen molar-refractivity contribution in [3.05, 3.63) is 27.7 Å². The molecule has 1 aromatic rings. The van der Waals surface area contributed by atoms with Gasteiger partial charge in [-0.15, -0.1) is 0 Å². The third-order valence-electron chi connectivity index (χ3n) is 6.38. The molecule has 0 unspecified atom stereocenters. The lowest BCUT2D eigenvalue weighted by Crippen LogP contribution is -2.55. The number of amides is 2. The molecule has 31 heavy (non-hydrogen) atoms. The Labute approximate surface area is 184 Å². The van der Waals surface area contributed by atoms with Gasteiger partial charge in [-0.2, -0.15) is 0 Å². The molecular formula is C23H36N4O4. The highest BCUT2D eigenvalue weighted by Gasteiger charge is 2.36. The van der Waals surface area contributed by atoms with Gasteiger partial charge in [-0.25, -0.2) is 0 Å². The Hall–Kier alpha value is -2.35. The summed E-state index contributed by atoms with van der Waals surface area (Å²) < 4.78 is 7.61. The van der Waals surface area contributed by atoms with E-state index in [-0.39, 0.29) is 41.3 Å². The minimum atomic E-state index is -0.850. The van der Waals surface area contributed by atoms with Gasteiger partial charge in [-0.3, -0.25) is 14.4 Å². The van der Waals surface area contributed by atoms with Crippen LogP contribution in [0, 0.1) is 0 Å². The van der Waals surface area contributed by atoms with E-state index < -0.39 is 5.54 Å². The van der Waals surface area contributed by atoms with Crippen LogP contribution in [0.4, 0.5) is 0 Å². The SMILES string of the molecule is CCCCOc1c2n(c(CNC(=O)C3(N)CCCCC3)cc1=O)CCN(C(C)C)C2=O. The van der Waals surface area contributed by atoms with Crippen molar-refractivity contribution >= 4 is 11.8 Å². The fourth-order valence-corrected chi connectivity index (χ4v) is 4.44. The van der Waals surface area contributed by atoms with E-state index in [1.165, 1.54) is 6.07 Å². The molecule has 2 amide bonds. The fourth-order valence-electron chi connectivity index (χ4n) is 4.44. The Morgan fingerprint density at radius 3 is 2.58 bits per heavy atom. The molecule has 8 heteroatoms. The molecule has 0 bridgehead atoms. The van der Waals surface area contributed by atoms with Crippen molar-refractivity contribution in [3.8, 4) is 5.75 Å². The molecule has 0 aromatic carbocycles. The Kier molecular flexibility index (Phi) is 7.41. The van der Waals surface area contributed by atoms with E-state index in [9.17, 15) is 14.4 Å². The molecule has 1 aliphatic heterocycles. The molecule has 1 fully saturated rings. The molecule has 1 saturated carbocycles. The van der Waals surface area contributed by atoms with Gasteiger partial charge in [0, 0.05) is 30.9 Å². The maximum Gasteiger partial charge on any atom is 0.274 e. The first-order valence-corrected chi connectivity index (χ1v) is 11.6. The number of nitrogens with two attached hydrogens (primary N) is 1. The first kappa shape index (κ1) is 23.3. The number of hydrogen-bond acceptors (Lipinski definition) is 5. The molecule has 172 valence electrons. The number of hydrogen-bond donors (Lipinski definition) is 2. The molecule has 3 rings (SSSR count). The normalized spacial score (nSPS) is 18.1. The Morgan fingerprint density at radius 1 is 1.23 bits per heavy atom. The van der Waals surface area contributed by atoms with Gasteiger partial charge in [-0.1, -0.05) is 32.6 Å². The van der Waals surface area contributed by atoms with Crippen LogP contribution in [0.2, 0.25) is 0 Å². The number of rotatable bonds is 8. The molecule has 3 N–H and O–H groups in total. The lowest BCUT2D eigenvalue weighted by atomic mass is 9.82. The maximum absolute atomic E-state index is 13.2. The van der Waals surface area contributed by atoms with Crippen LogP contribution in [0.1, 0.15) is 81.9 Å². The van der Waals surface area contributed by atoms with Gasteiger partial charge < -0.3 is 25.3 Å². The molecule has 0 radical (unpaired) electrons. The number of unbranched alkanes of at least 4 members (excludes halogenated alkanes) is 1. The summed E-state index contributed by atoms with van der Waals surface area (Å²) in [5.41, 5.74) is 6.05. The third-order valence-corrected chi connectivity index (χ3v) is 6.38. The highest BCUT2D eigenvalue weighted by Crippen LogP contribution is 2.27. The van der Waals surface area contributed by atoms with Crippen LogP contribution in [-0.4, -0.2) is 46.0 Å². The van der Waals surface area contributed by atoms with Crippen LogP contribution in [0.5, 0.6) is 5.75 Å². The molecule has 1 aromatic heterocycles. The molecule has 0 atom stereocenters. The topological polar surface area (TPSA) is 107 Å². The van der Waals surface area contributed by atoms with Crippen molar-refractivity contribution < 1.29 is 14.3 Å². The van der Waals surface area contributed by atoms with Gasteiger partial charge in [0.1, 0.15) is 0 Å². The van der Waals surface area contributed by atoms with E-state index in [2.05, 4.69) is 5.32 Å². The predicted octanol–water partition coefficient (Wildman–Crippen LogP) is 2.17. The van der Waals surface area contributed by atoms with Gasteiger partial charge in [0.15, 0.2) is 11.4 Å². The van der Waals surface area contributed by atoms with Gasteiger partial charge in [0.05, 0.1) is 18.7 Å². The van der Waals surface area contributed by atoms with Gasteiger partial charge >= 0.3 is 0 Å². The summed E-state index contributed by atoms with van der Waals surface area (Å²) in [6.07, 6.45) is 6.07. The molecule has 0 saturated heterocycles. The number of ether oxygens (including phenoxy) is 1. The second kappa shape index (κ2) is 9.85. The third kappa shape index (κ3) is 4.95. The van der Waals surface area contributed by atoms with E-state index in [1.54, 1.807) is 4.90 Å². The van der Waals surface area contributed by atoms with Crippen molar-refractivity contribution in [2.75, 3.05) is 13.2 Å². The van der Waals surface area contributed by atoms with E-state index in [1.807, 2.05) is 25.3 Å². The van der Waals surface area contributed by atoms with Crippen molar-refractivity contribution in [1.82, 2.24) is 14.8 Å². The summed E-state index contributed by atoms with van der Waals surface area (Å²) in [5, 5.41) is 2.92. The number of nitrogens with one attached hydrogen (secondary N) is 1. The number of aromatic nitrogens is 1. The fraction of sp³-hybridized carbons (Fsp3) is 0.696. The van der Waals surface area contributed by atoms with Gasteiger partial charge in [0.25, 0.3) is 5.91 Å². The average molecular weight is 433 g/mol. The zero-order valence-corrected chi connectivity index (χ0v) is 19.0. The maximum atomic E-state index is 13.2. The highest BCUT2D eigenvalue weighted by molar-refractivity contribution is 5.96. The van der Waals surface area contributed by atoms with Crippen LogP contribution in [0.25, 0.3) is 0 Å². The Morgan fingerprint density at radius 2 is 1.94 bits per heavy atom. The molecule has 8 nitrogen and oxygen atoms in total. The molecule has 2 aliphatic rings. The van der Waals surface area contributed by atoms with Crippen LogP contribution >= 0.6 is 0 Å². The zero-order chi connectivity index (χ0) is 22.6. The molecule has 2 heterocycles. The van der Waals surface area contributed by atoms with Crippen LogP contribution in [-0.2, 0) is 17.9 Å². The van der Waals surface area contributed by atoms with Crippen molar-refractivity contribution in [2.45, 2.75) is 90.4 Å². The summed E-state index contributed by atoms with van der Waals surface area (Å²) in [5.74, 6) is -0.287. The van der Waals surface area contributed by atoms with Gasteiger partial charge in [-0.05, 0) is 33.1 Å². The number of carbonyl (C=O) groups excluding carboxylic acids is 2. The minimum Gasteiger partial charge on any atom is -0.487 e. The highest BCUT2D eigenvalue weighted by atomic mass is 16.5. The molecule has 0 spiro atoms. The van der Waals surface area contributed by atoms with Crippen LogP contribution in [0.3, 0.4) is 0 Å². The number of fused-ring (bicyclic) bond motifs is 1. The summed E-state index contributed by atoms with van der Waals surface area (Å²) in [4.78, 5) is 40.6. The first-order valence-electron chi connectivity index (χ1n) is 11.6. The molecular weight excluding hydrogens is 396 g/mol.